The predicted molar refractivity (Wildman–Crippen MR) is 81.9 cm³/mol. The molecule has 4 rings (SSSR count). The average Bonchev–Trinajstić information content (AvgIpc) is 3.02. The van der Waals surface area contributed by atoms with Crippen molar-refractivity contribution in [3.8, 4) is 0 Å². The fraction of sp³-hybridized carbons (Fsp3) is 0.357. The van der Waals surface area contributed by atoms with Crippen LogP contribution >= 0.6 is 11.3 Å². The lowest BCUT2D eigenvalue weighted by molar-refractivity contribution is 0.601. The SMILES string of the molecule is O=S(=O)(Nc1nc(C2CC2)cs1)c1ccc2c(c1)CNC2. The summed E-state index contributed by atoms with van der Waals surface area (Å²) in [7, 11) is -3.56. The Labute approximate surface area is 127 Å². The summed E-state index contributed by atoms with van der Waals surface area (Å²) in [5.74, 6) is 0.533. The zero-order valence-corrected chi connectivity index (χ0v) is 12.9. The molecule has 0 amide bonds. The van der Waals surface area contributed by atoms with Crippen LogP contribution < -0.4 is 10.0 Å². The molecule has 0 spiro atoms. The molecule has 5 nitrogen and oxygen atoms in total. The number of hydrogen-bond donors (Lipinski definition) is 2. The van der Waals surface area contributed by atoms with E-state index in [-0.39, 0.29) is 0 Å². The molecule has 0 unspecified atom stereocenters. The van der Waals surface area contributed by atoms with E-state index in [0.717, 1.165) is 37.2 Å². The van der Waals surface area contributed by atoms with E-state index < -0.39 is 10.0 Å². The topological polar surface area (TPSA) is 71.1 Å². The molecule has 1 fully saturated rings. The fourth-order valence-electron chi connectivity index (χ4n) is 2.51. The maximum atomic E-state index is 12.4. The Morgan fingerprint density at radius 3 is 2.86 bits per heavy atom. The summed E-state index contributed by atoms with van der Waals surface area (Å²) in [6.07, 6.45) is 2.32. The van der Waals surface area contributed by atoms with Gasteiger partial charge in [-0.05, 0) is 36.1 Å². The first-order valence-electron chi connectivity index (χ1n) is 6.92. The van der Waals surface area contributed by atoms with Gasteiger partial charge in [0.05, 0.1) is 10.6 Å². The lowest BCUT2D eigenvalue weighted by atomic mass is 10.1. The number of thiazole rings is 1. The van der Waals surface area contributed by atoms with Crippen LogP contribution in [0.5, 0.6) is 0 Å². The smallest absolute Gasteiger partial charge is 0.263 e. The fourth-order valence-corrected chi connectivity index (χ4v) is 4.61. The van der Waals surface area contributed by atoms with E-state index in [1.165, 1.54) is 16.9 Å². The molecule has 1 aliphatic carbocycles. The van der Waals surface area contributed by atoms with Gasteiger partial charge in [-0.3, -0.25) is 4.72 Å². The van der Waals surface area contributed by atoms with Crippen LogP contribution in [-0.2, 0) is 23.1 Å². The molecule has 1 aliphatic heterocycles. The Morgan fingerprint density at radius 2 is 2.05 bits per heavy atom. The van der Waals surface area contributed by atoms with Gasteiger partial charge in [0.2, 0.25) is 0 Å². The molecule has 1 aromatic heterocycles. The Bertz CT molecular complexity index is 794. The van der Waals surface area contributed by atoms with Crippen molar-refractivity contribution in [1.29, 1.82) is 0 Å². The number of rotatable bonds is 4. The third kappa shape index (κ3) is 2.56. The number of anilines is 1. The van der Waals surface area contributed by atoms with Crippen LogP contribution in [0.2, 0.25) is 0 Å². The minimum Gasteiger partial charge on any atom is -0.309 e. The quantitative estimate of drug-likeness (QED) is 0.907. The number of nitrogens with one attached hydrogen (secondary N) is 2. The van der Waals surface area contributed by atoms with Crippen molar-refractivity contribution in [2.24, 2.45) is 0 Å². The lowest BCUT2D eigenvalue weighted by Crippen LogP contribution is -2.13. The van der Waals surface area contributed by atoms with E-state index in [9.17, 15) is 8.42 Å². The van der Waals surface area contributed by atoms with E-state index in [1.54, 1.807) is 12.1 Å². The summed E-state index contributed by atoms with van der Waals surface area (Å²) >= 11 is 1.35. The van der Waals surface area contributed by atoms with Gasteiger partial charge in [0, 0.05) is 24.4 Å². The molecule has 2 aromatic rings. The van der Waals surface area contributed by atoms with Crippen molar-refractivity contribution < 1.29 is 8.42 Å². The highest BCUT2D eigenvalue weighted by molar-refractivity contribution is 7.93. The van der Waals surface area contributed by atoms with E-state index in [2.05, 4.69) is 15.0 Å². The van der Waals surface area contributed by atoms with Crippen LogP contribution in [0.4, 0.5) is 5.13 Å². The molecule has 2 heterocycles. The number of aromatic nitrogens is 1. The molecular weight excluding hydrogens is 306 g/mol. The number of hydrogen-bond acceptors (Lipinski definition) is 5. The summed E-state index contributed by atoms with van der Waals surface area (Å²) in [4.78, 5) is 4.67. The van der Waals surface area contributed by atoms with Gasteiger partial charge < -0.3 is 5.32 Å². The van der Waals surface area contributed by atoms with Gasteiger partial charge in [-0.2, -0.15) is 0 Å². The molecule has 21 heavy (non-hydrogen) atoms. The summed E-state index contributed by atoms with van der Waals surface area (Å²) in [6.45, 7) is 1.53. The van der Waals surface area contributed by atoms with E-state index in [4.69, 9.17) is 0 Å². The van der Waals surface area contributed by atoms with Crippen molar-refractivity contribution in [3.63, 3.8) is 0 Å². The highest BCUT2D eigenvalue weighted by Crippen LogP contribution is 2.41. The third-order valence-corrected chi connectivity index (χ3v) is 6.10. The first kappa shape index (κ1) is 13.2. The molecule has 110 valence electrons. The van der Waals surface area contributed by atoms with Crippen molar-refractivity contribution in [1.82, 2.24) is 10.3 Å². The molecule has 0 atom stereocenters. The highest BCUT2D eigenvalue weighted by atomic mass is 32.2. The first-order chi connectivity index (χ1) is 10.1. The molecule has 1 saturated carbocycles. The molecule has 1 aromatic carbocycles. The normalized spacial score (nSPS) is 17.7. The van der Waals surface area contributed by atoms with Gasteiger partial charge in [-0.15, -0.1) is 11.3 Å². The van der Waals surface area contributed by atoms with Crippen LogP contribution in [0.25, 0.3) is 0 Å². The van der Waals surface area contributed by atoms with E-state index in [1.807, 2.05) is 11.4 Å². The average molecular weight is 321 g/mol. The van der Waals surface area contributed by atoms with E-state index >= 15 is 0 Å². The summed E-state index contributed by atoms with van der Waals surface area (Å²) in [6, 6.07) is 5.28. The van der Waals surface area contributed by atoms with E-state index in [0.29, 0.717) is 15.9 Å². The summed E-state index contributed by atoms with van der Waals surface area (Å²) < 4.78 is 27.5. The number of sulfonamides is 1. The molecule has 0 radical (unpaired) electrons. The maximum Gasteiger partial charge on any atom is 0.263 e. The highest BCUT2D eigenvalue weighted by Gasteiger charge is 2.27. The van der Waals surface area contributed by atoms with Gasteiger partial charge >= 0.3 is 0 Å². The van der Waals surface area contributed by atoms with Crippen molar-refractivity contribution in [2.45, 2.75) is 36.7 Å². The summed E-state index contributed by atoms with van der Waals surface area (Å²) in [5, 5.41) is 5.61. The number of benzene rings is 1. The number of nitrogens with zero attached hydrogens (tertiary/aromatic N) is 1. The van der Waals surface area contributed by atoms with Crippen LogP contribution in [-0.4, -0.2) is 13.4 Å². The molecule has 0 bridgehead atoms. The molecule has 0 saturated heterocycles. The second-order valence-corrected chi connectivity index (χ2v) is 8.03. The van der Waals surface area contributed by atoms with Gasteiger partial charge in [-0.25, -0.2) is 13.4 Å². The zero-order valence-electron chi connectivity index (χ0n) is 11.3. The van der Waals surface area contributed by atoms with Crippen LogP contribution in [0.15, 0.2) is 28.5 Å². The van der Waals surface area contributed by atoms with Gasteiger partial charge in [0.25, 0.3) is 10.0 Å². The van der Waals surface area contributed by atoms with Gasteiger partial charge in [0.1, 0.15) is 0 Å². The zero-order chi connectivity index (χ0) is 14.4. The maximum absolute atomic E-state index is 12.4. The third-order valence-electron chi connectivity index (χ3n) is 3.86. The minimum atomic E-state index is -3.56. The van der Waals surface area contributed by atoms with Crippen LogP contribution in [0, 0.1) is 0 Å². The Kier molecular flexibility index (Phi) is 3.02. The van der Waals surface area contributed by atoms with Crippen molar-refractivity contribution in [3.05, 3.63) is 40.4 Å². The lowest BCUT2D eigenvalue weighted by Gasteiger charge is -2.07. The monoisotopic (exact) mass is 321 g/mol. The van der Waals surface area contributed by atoms with Gasteiger partial charge in [-0.1, -0.05) is 6.07 Å². The largest absolute Gasteiger partial charge is 0.309 e. The van der Waals surface area contributed by atoms with Crippen molar-refractivity contribution >= 4 is 26.5 Å². The summed E-state index contributed by atoms with van der Waals surface area (Å²) in [5.41, 5.74) is 3.23. The van der Waals surface area contributed by atoms with Crippen LogP contribution in [0.1, 0.15) is 35.6 Å². The standard InChI is InChI=1S/C14H15N3O2S2/c18-21(19,12-4-3-10-6-15-7-11(10)5-12)17-14-16-13(8-20-14)9-1-2-9/h3-5,8-9,15H,1-2,6-7H2,(H,16,17). The Hall–Kier alpha value is -1.44. The van der Waals surface area contributed by atoms with Crippen molar-refractivity contribution in [2.75, 3.05) is 4.72 Å². The Balaban J connectivity index is 1.60. The first-order valence-corrected chi connectivity index (χ1v) is 9.29. The molecular formula is C14H15N3O2S2. The Morgan fingerprint density at radius 1 is 1.24 bits per heavy atom. The molecule has 7 heteroatoms. The second kappa shape index (κ2) is 4.79. The number of fused-ring (bicyclic) bond motifs is 1. The van der Waals surface area contributed by atoms with Gasteiger partial charge in [0.15, 0.2) is 5.13 Å². The molecule has 2 N–H and O–H groups in total. The van der Waals surface area contributed by atoms with Crippen LogP contribution in [0.3, 0.4) is 0 Å². The molecule has 2 aliphatic rings. The predicted octanol–water partition coefficient (Wildman–Crippen LogP) is 2.42. The minimum absolute atomic E-state index is 0.299. The second-order valence-electron chi connectivity index (χ2n) is 5.49.